The van der Waals surface area contributed by atoms with E-state index in [0.717, 1.165) is 32.1 Å². The van der Waals surface area contributed by atoms with Gasteiger partial charge < -0.3 is 6.92 Å². The average Bonchev–Trinajstić information content (AvgIpc) is 4.00. The van der Waals surface area contributed by atoms with E-state index in [-0.39, 0.29) is 21.7 Å². The van der Waals surface area contributed by atoms with Gasteiger partial charge in [-0.05, 0) is 67.4 Å². The van der Waals surface area contributed by atoms with Gasteiger partial charge in [0.25, 0.3) is 0 Å². The Kier molecular flexibility index (Phi) is 18.1. The van der Waals surface area contributed by atoms with Crippen molar-refractivity contribution in [3.63, 3.8) is 0 Å². The third-order valence-corrected chi connectivity index (χ3v) is 12.5. The molecule has 10 aromatic rings. The van der Waals surface area contributed by atoms with Crippen molar-refractivity contribution in [2.75, 3.05) is 0 Å². The van der Waals surface area contributed by atoms with Crippen LogP contribution < -0.4 is 0 Å². The molecule has 0 aromatic heterocycles. The van der Waals surface area contributed by atoms with E-state index in [0.29, 0.717) is 0 Å². The van der Waals surface area contributed by atoms with Crippen molar-refractivity contribution in [3.05, 3.63) is 242 Å². The third kappa shape index (κ3) is 12.0. The molecule has 2 heteroatoms. The zero-order valence-electron chi connectivity index (χ0n) is 37.9. The fourth-order valence-corrected chi connectivity index (χ4v) is 8.65. The number of unbranched alkanes of at least 4 members (excludes halogenated alkanes) is 1. The van der Waals surface area contributed by atoms with Crippen molar-refractivity contribution in [2.45, 2.75) is 59.3 Å². The minimum atomic E-state index is 0. The topological polar surface area (TPSA) is 0 Å². The van der Waals surface area contributed by atoms with Crippen molar-refractivity contribution in [3.8, 4) is 22.3 Å². The second-order valence-electron chi connectivity index (χ2n) is 16.1. The van der Waals surface area contributed by atoms with Gasteiger partial charge in [-0.25, -0.2) is 0 Å². The van der Waals surface area contributed by atoms with Crippen molar-refractivity contribution in [2.24, 2.45) is 0 Å². The van der Waals surface area contributed by atoms with Gasteiger partial charge in [0.05, 0.1) is 0 Å². The Bertz CT molecular complexity index is 2820. The molecule has 0 saturated heterocycles. The first kappa shape index (κ1) is 47.6. The van der Waals surface area contributed by atoms with Gasteiger partial charge in [-0.1, -0.05) is 183 Å². The molecule has 0 bridgehead atoms. The molecule has 0 saturated carbocycles. The Labute approximate surface area is 400 Å². The van der Waals surface area contributed by atoms with Crippen LogP contribution in [0.1, 0.15) is 68.7 Å². The summed E-state index contributed by atoms with van der Waals surface area (Å²) in [5.74, 6) is 0. The molecular formula is C62H60SiTi. The Balaban J connectivity index is 0.000000153. The summed E-state index contributed by atoms with van der Waals surface area (Å²) in [6, 6.07) is 74.1. The first-order chi connectivity index (χ1) is 31.0. The van der Waals surface area contributed by atoms with E-state index < -0.39 is 0 Å². The molecule has 64 heavy (non-hydrogen) atoms. The maximum atomic E-state index is 3.60. The van der Waals surface area contributed by atoms with E-state index in [9.17, 15) is 0 Å². The fourth-order valence-electron chi connectivity index (χ4n) is 8.21. The van der Waals surface area contributed by atoms with Gasteiger partial charge in [-0.2, -0.15) is 42.7 Å². The number of aryl methyl sites for hydroxylation is 2. The van der Waals surface area contributed by atoms with Crippen LogP contribution in [0.5, 0.6) is 0 Å². The monoisotopic (exact) mass is 880 g/mol. The minimum absolute atomic E-state index is 0. The van der Waals surface area contributed by atoms with E-state index in [1.165, 1.54) is 99.2 Å². The van der Waals surface area contributed by atoms with E-state index >= 15 is 0 Å². The predicted molar refractivity (Wildman–Crippen MR) is 282 cm³/mol. The van der Waals surface area contributed by atoms with E-state index in [2.05, 4.69) is 240 Å². The fraction of sp³-hybridized carbons (Fsp3) is 0.145. The van der Waals surface area contributed by atoms with E-state index in [1.54, 1.807) is 0 Å². The summed E-state index contributed by atoms with van der Waals surface area (Å²) >= 11 is 0. The van der Waals surface area contributed by atoms with Crippen molar-refractivity contribution < 1.29 is 21.7 Å². The minimum Gasteiger partial charge on any atom is -0.343 e. The third-order valence-electron chi connectivity index (χ3n) is 11.8. The molecule has 0 spiro atoms. The predicted octanol–water partition coefficient (Wildman–Crippen LogP) is 16.4. The summed E-state index contributed by atoms with van der Waals surface area (Å²) in [5, 5.41) is 12.2. The van der Waals surface area contributed by atoms with Crippen molar-refractivity contribution in [1.82, 2.24) is 0 Å². The van der Waals surface area contributed by atoms with Gasteiger partial charge in [0, 0.05) is 0 Å². The van der Waals surface area contributed by atoms with E-state index in [4.69, 9.17) is 0 Å². The second-order valence-corrected chi connectivity index (χ2v) is 16.9. The summed E-state index contributed by atoms with van der Waals surface area (Å²) in [4.78, 5) is 0. The Morgan fingerprint density at radius 1 is 0.484 bits per heavy atom. The van der Waals surface area contributed by atoms with Crippen LogP contribution in [0.4, 0.5) is 0 Å². The van der Waals surface area contributed by atoms with Crippen LogP contribution in [0.25, 0.3) is 65.3 Å². The zero-order valence-corrected chi connectivity index (χ0v) is 40.8. The Morgan fingerprint density at radius 3 is 1.33 bits per heavy atom. The van der Waals surface area contributed by atoms with Crippen LogP contribution in [0.15, 0.2) is 206 Å². The maximum absolute atomic E-state index is 3.60. The van der Waals surface area contributed by atoms with Gasteiger partial charge in [-0.15, -0.1) is 81.2 Å². The van der Waals surface area contributed by atoms with Gasteiger partial charge >= 0.3 is 21.7 Å². The molecule has 10 aromatic carbocycles. The summed E-state index contributed by atoms with van der Waals surface area (Å²) in [6.07, 6.45) is 9.00. The molecule has 0 radical (unpaired) electrons. The van der Waals surface area contributed by atoms with Crippen molar-refractivity contribution in [1.29, 1.82) is 0 Å². The summed E-state index contributed by atoms with van der Waals surface area (Å²) < 4.78 is 0. The summed E-state index contributed by atoms with van der Waals surface area (Å²) in [7, 11) is 2.00. The van der Waals surface area contributed by atoms with Gasteiger partial charge in [-0.3, -0.25) is 0 Å². The molecule has 0 aliphatic heterocycles. The number of fused-ring (bicyclic) bond motifs is 4. The van der Waals surface area contributed by atoms with Gasteiger partial charge in [0.15, 0.2) is 0 Å². The van der Waals surface area contributed by atoms with Crippen LogP contribution in [0.3, 0.4) is 0 Å². The normalized spacial score (nSPS) is 10.5. The second kappa shape index (κ2) is 24.3. The molecule has 0 amide bonds. The van der Waals surface area contributed by atoms with Crippen LogP contribution in [-0.2, 0) is 34.6 Å². The van der Waals surface area contributed by atoms with Crippen LogP contribution >= 0.6 is 0 Å². The molecular weight excluding hydrogens is 821 g/mol. The summed E-state index contributed by atoms with van der Waals surface area (Å²) in [6.45, 7) is 10.2. The zero-order chi connectivity index (χ0) is 43.8. The standard InChI is InChI=1S/2C21H17.C16H17Si.C4H9.Ti/c2*1-2-15-13-17-9-6-12-20(21(17)14-15)19-11-5-8-16-7-3-4-10-18(16)19;17-16(15-11-5-2-6-12-15)13-7-10-14-8-3-1-4-9-14;1-3-4-2;/h2*3-14H,2H2,1H3;1-6,8-12H,7,13,17H2;1,3-4H2,2H3;/q4*-1;+4. The summed E-state index contributed by atoms with van der Waals surface area (Å²) in [5.41, 5.74) is 10.8. The maximum Gasteiger partial charge on any atom is 4.00 e. The Morgan fingerprint density at radius 2 is 0.875 bits per heavy atom. The molecule has 0 aliphatic carbocycles. The van der Waals surface area contributed by atoms with Gasteiger partial charge in [0.2, 0.25) is 0 Å². The number of rotatable bonds is 10. The molecule has 0 atom stereocenters. The van der Waals surface area contributed by atoms with Crippen LogP contribution in [-0.4, -0.2) is 15.0 Å². The molecule has 0 nitrogen and oxygen atoms in total. The smallest absolute Gasteiger partial charge is 0.343 e. The molecule has 0 aliphatic rings. The molecule has 10 rings (SSSR count). The molecule has 0 heterocycles. The number of hydrogen-bond donors (Lipinski definition) is 0. The molecule has 316 valence electrons. The molecule has 0 N–H and O–H groups in total. The first-order valence-corrected chi connectivity index (χ1v) is 23.5. The first-order valence-electron chi connectivity index (χ1n) is 22.7. The number of hydrogen-bond acceptors (Lipinski definition) is 0. The van der Waals surface area contributed by atoms with Crippen molar-refractivity contribution >= 4 is 58.1 Å². The van der Waals surface area contributed by atoms with Crippen LogP contribution in [0.2, 0.25) is 0 Å². The molecule has 0 unspecified atom stereocenters. The molecule has 0 fully saturated rings. The number of benzene rings is 8. The Hall–Kier alpha value is -5.83. The van der Waals surface area contributed by atoms with E-state index in [1.807, 2.05) is 9.85 Å². The largest absolute Gasteiger partial charge is 4.00 e. The average molecular weight is 881 g/mol. The quantitative estimate of drug-likeness (QED) is 0.0948. The van der Waals surface area contributed by atoms with Crippen LogP contribution in [0, 0.1) is 13.3 Å². The van der Waals surface area contributed by atoms with Gasteiger partial charge in [0.1, 0.15) is 0 Å². The SMILES string of the molecule is CCc1cc2c(-c3cccc4ccccc34)cccc2[cH-]1.CCc1cc2c(-c3cccc4ccccc34)cccc2[cH-]1.[CH2-]CCC.[SiH2]=C(CC[CH-]c1ccccc1)c1ccccc1.[Ti+4].